The van der Waals surface area contributed by atoms with Crippen molar-refractivity contribution in [1.82, 2.24) is 4.31 Å². The van der Waals surface area contributed by atoms with E-state index in [-0.39, 0.29) is 29.5 Å². The fraction of sp³-hybridized carbons (Fsp3) is 0.500. The highest BCUT2D eigenvalue weighted by Gasteiger charge is 2.38. The summed E-state index contributed by atoms with van der Waals surface area (Å²) in [7, 11) is -6.91. The molecule has 1 atom stereocenters. The van der Waals surface area contributed by atoms with Gasteiger partial charge in [0.2, 0.25) is 10.0 Å². The lowest BCUT2D eigenvalue weighted by atomic mass is 10.2. The number of rotatable bonds is 5. The molecule has 118 valence electrons. The number of nitrogens with two attached hydrogens (primary N) is 1. The fourth-order valence-electron chi connectivity index (χ4n) is 2.37. The summed E-state index contributed by atoms with van der Waals surface area (Å²) >= 11 is 3.25. The number of hydrogen-bond acceptors (Lipinski definition) is 5. The first kappa shape index (κ1) is 16.9. The Kier molecular flexibility index (Phi) is 5.09. The van der Waals surface area contributed by atoms with Crippen LogP contribution in [0.2, 0.25) is 0 Å². The van der Waals surface area contributed by atoms with Crippen molar-refractivity contribution in [2.45, 2.75) is 17.4 Å². The highest BCUT2D eigenvalue weighted by molar-refractivity contribution is 9.10. The van der Waals surface area contributed by atoms with Crippen molar-refractivity contribution in [3.05, 3.63) is 28.7 Å². The molecule has 0 amide bonds. The zero-order chi connectivity index (χ0) is 15.7. The quantitative estimate of drug-likeness (QED) is 0.784. The fourth-order valence-corrected chi connectivity index (χ4v) is 6.13. The first-order valence-corrected chi connectivity index (χ1v) is 10.5. The normalized spacial score (nSPS) is 21.8. The molecular formula is C12H17BrN2O4S2. The lowest BCUT2D eigenvalue weighted by molar-refractivity contribution is 0.347. The Labute approximate surface area is 133 Å². The van der Waals surface area contributed by atoms with Gasteiger partial charge >= 0.3 is 0 Å². The summed E-state index contributed by atoms with van der Waals surface area (Å²) in [5, 5.41) is 0. The van der Waals surface area contributed by atoms with Crippen molar-refractivity contribution in [3.8, 4) is 0 Å². The summed E-state index contributed by atoms with van der Waals surface area (Å²) < 4.78 is 50.6. The number of halogens is 1. The second kappa shape index (κ2) is 6.33. The van der Waals surface area contributed by atoms with Crippen molar-refractivity contribution in [2.75, 3.05) is 24.6 Å². The molecule has 21 heavy (non-hydrogen) atoms. The van der Waals surface area contributed by atoms with E-state index in [0.29, 0.717) is 6.42 Å². The van der Waals surface area contributed by atoms with Gasteiger partial charge in [-0.05, 0) is 30.7 Å². The van der Waals surface area contributed by atoms with Crippen LogP contribution in [-0.4, -0.2) is 51.8 Å². The standard InChI is InChI=1S/C12H17BrN2O4S2/c13-10-1-3-12(4-2-10)21(18,19)15(7-6-14)11-5-8-20(16,17)9-11/h1-4,11H,5-9,14H2/t11-/m1/s1. The minimum absolute atomic E-state index is 0.0224. The molecule has 0 bridgehead atoms. The van der Waals surface area contributed by atoms with Gasteiger partial charge in [0.15, 0.2) is 9.84 Å². The highest BCUT2D eigenvalue weighted by Crippen LogP contribution is 2.25. The smallest absolute Gasteiger partial charge is 0.243 e. The second-order valence-corrected chi connectivity index (χ2v) is 9.95. The molecule has 1 saturated heterocycles. The molecule has 9 heteroatoms. The maximum atomic E-state index is 12.7. The van der Waals surface area contributed by atoms with Gasteiger partial charge < -0.3 is 5.73 Å². The number of sulfonamides is 1. The highest BCUT2D eigenvalue weighted by atomic mass is 79.9. The zero-order valence-electron chi connectivity index (χ0n) is 11.3. The van der Waals surface area contributed by atoms with Crippen molar-refractivity contribution in [1.29, 1.82) is 0 Å². The molecule has 1 heterocycles. The van der Waals surface area contributed by atoms with E-state index in [1.54, 1.807) is 12.1 Å². The van der Waals surface area contributed by atoms with E-state index in [2.05, 4.69) is 15.9 Å². The Hall–Kier alpha value is -0.480. The van der Waals surface area contributed by atoms with E-state index >= 15 is 0 Å². The van der Waals surface area contributed by atoms with E-state index in [1.807, 2.05) is 0 Å². The van der Waals surface area contributed by atoms with Crippen molar-refractivity contribution in [2.24, 2.45) is 5.73 Å². The van der Waals surface area contributed by atoms with Gasteiger partial charge in [-0.1, -0.05) is 15.9 Å². The average Bonchev–Trinajstić information content (AvgIpc) is 2.76. The van der Waals surface area contributed by atoms with E-state index in [4.69, 9.17) is 5.73 Å². The molecule has 2 rings (SSSR count). The molecule has 1 aromatic carbocycles. The maximum absolute atomic E-state index is 12.7. The lowest BCUT2D eigenvalue weighted by Crippen LogP contribution is -2.43. The third kappa shape index (κ3) is 3.84. The van der Waals surface area contributed by atoms with Crippen LogP contribution in [0.3, 0.4) is 0 Å². The third-order valence-electron chi connectivity index (χ3n) is 3.39. The molecule has 2 N–H and O–H groups in total. The summed E-state index contributed by atoms with van der Waals surface area (Å²) in [6.45, 7) is 0.255. The number of nitrogens with zero attached hydrogens (tertiary/aromatic N) is 1. The molecule has 0 aromatic heterocycles. The van der Waals surface area contributed by atoms with Gasteiger partial charge in [0.1, 0.15) is 0 Å². The van der Waals surface area contributed by atoms with E-state index < -0.39 is 25.9 Å². The summed E-state index contributed by atoms with van der Waals surface area (Å²) in [5.74, 6) is -0.114. The Morgan fingerprint density at radius 2 is 1.90 bits per heavy atom. The molecule has 0 saturated carbocycles. The maximum Gasteiger partial charge on any atom is 0.243 e. The van der Waals surface area contributed by atoms with Crippen LogP contribution in [0.4, 0.5) is 0 Å². The minimum atomic E-state index is -3.75. The van der Waals surface area contributed by atoms with Crippen LogP contribution in [-0.2, 0) is 19.9 Å². The van der Waals surface area contributed by atoms with Crippen molar-refractivity contribution < 1.29 is 16.8 Å². The summed E-state index contributed by atoms with van der Waals surface area (Å²) in [6, 6.07) is 5.73. The molecule has 1 aliphatic heterocycles. The van der Waals surface area contributed by atoms with Gasteiger partial charge in [-0.15, -0.1) is 0 Å². The van der Waals surface area contributed by atoms with E-state index in [0.717, 1.165) is 4.47 Å². The molecule has 0 radical (unpaired) electrons. The first-order valence-electron chi connectivity index (χ1n) is 6.44. The van der Waals surface area contributed by atoms with E-state index in [1.165, 1.54) is 16.4 Å². The van der Waals surface area contributed by atoms with Gasteiger partial charge in [0.05, 0.1) is 16.4 Å². The first-order chi connectivity index (χ1) is 9.76. The summed E-state index contributed by atoms with van der Waals surface area (Å²) in [5.41, 5.74) is 5.50. The van der Waals surface area contributed by atoms with Gasteiger partial charge in [-0.3, -0.25) is 0 Å². The number of sulfone groups is 1. The SMILES string of the molecule is NCCN([C@@H]1CCS(=O)(=O)C1)S(=O)(=O)c1ccc(Br)cc1. The second-order valence-electron chi connectivity index (χ2n) is 4.92. The van der Waals surface area contributed by atoms with Crippen molar-refractivity contribution >= 4 is 35.8 Å². The van der Waals surface area contributed by atoms with Gasteiger partial charge in [0, 0.05) is 23.6 Å². The topological polar surface area (TPSA) is 97.5 Å². The summed E-state index contributed by atoms with van der Waals surface area (Å²) in [6.07, 6.45) is 0.318. The monoisotopic (exact) mass is 396 g/mol. The van der Waals surface area contributed by atoms with Gasteiger partial charge in [-0.25, -0.2) is 16.8 Å². The van der Waals surface area contributed by atoms with Crippen LogP contribution in [0.15, 0.2) is 33.6 Å². The minimum Gasteiger partial charge on any atom is -0.329 e. The average molecular weight is 397 g/mol. The number of hydrogen-bond donors (Lipinski definition) is 1. The van der Waals surface area contributed by atoms with Crippen LogP contribution in [0.25, 0.3) is 0 Å². The predicted molar refractivity (Wildman–Crippen MR) is 84.1 cm³/mol. The Balaban J connectivity index is 2.35. The molecule has 1 fully saturated rings. The molecule has 0 unspecified atom stereocenters. The molecule has 1 aliphatic rings. The zero-order valence-corrected chi connectivity index (χ0v) is 14.5. The van der Waals surface area contributed by atoms with Crippen LogP contribution in [0.5, 0.6) is 0 Å². The van der Waals surface area contributed by atoms with Gasteiger partial charge in [0.25, 0.3) is 0 Å². The molecule has 1 aromatic rings. The predicted octanol–water partition coefficient (Wildman–Crippen LogP) is 0.586. The van der Waals surface area contributed by atoms with Gasteiger partial charge in [-0.2, -0.15) is 4.31 Å². The lowest BCUT2D eigenvalue weighted by Gasteiger charge is -2.26. The molecular weight excluding hydrogens is 380 g/mol. The Bertz CT molecular complexity index is 701. The Morgan fingerprint density at radius 1 is 1.29 bits per heavy atom. The molecule has 6 nitrogen and oxygen atoms in total. The van der Waals surface area contributed by atoms with Crippen LogP contribution in [0, 0.1) is 0 Å². The Morgan fingerprint density at radius 3 is 2.38 bits per heavy atom. The number of benzene rings is 1. The third-order valence-corrected chi connectivity index (χ3v) is 7.63. The van der Waals surface area contributed by atoms with Crippen LogP contribution < -0.4 is 5.73 Å². The molecule has 0 aliphatic carbocycles. The van der Waals surface area contributed by atoms with Crippen molar-refractivity contribution in [3.63, 3.8) is 0 Å². The summed E-state index contributed by atoms with van der Waals surface area (Å²) in [4.78, 5) is 0.142. The van der Waals surface area contributed by atoms with Crippen LogP contribution in [0.1, 0.15) is 6.42 Å². The largest absolute Gasteiger partial charge is 0.329 e. The van der Waals surface area contributed by atoms with E-state index in [9.17, 15) is 16.8 Å². The van der Waals surface area contributed by atoms with Crippen LogP contribution >= 0.6 is 15.9 Å². The molecule has 0 spiro atoms.